The third kappa shape index (κ3) is 2.44. The minimum Gasteiger partial charge on any atom is -0.370 e. The van der Waals surface area contributed by atoms with E-state index in [1.807, 2.05) is 0 Å². The molecular weight excluding hydrogens is 250 g/mol. The maximum absolute atomic E-state index is 4.89. The molecule has 0 aromatic carbocycles. The first-order chi connectivity index (χ1) is 9.09. The second-order valence-electron chi connectivity index (χ2n) is 7.30. The van der Waals surface area contributed by atoms with Gasteiger partial charge in [0, 0.05) is 26.2 Å². The Balaban J connectivity index is 1.81. The molecule has 2 fully saturated rings. The zero-order valence-electron chi connectivity index (χ0n) is 12.9. The van der Waals surface area contributed by atoms with Gasteiger partial charge in [-0.05, 0) is 30.7 Å². The molecule has 0 spiro atoms. The van der Waals surface area contributed by atoms with E-state index in [0.717, 1.165) is 18.0 Å². The highest BCUT2D eigenvalue weighted by molar-refractivity contribution is 6.78. The van der Waals surface area contributed by atoms with Crippen molar-refractivity contribution >= 4 is 14.2 Å². The van der Waals surface area contributed by atoms with E-state index in [1.54, 1.807) is 0 Å². The second-order valence-corrected chi connectivity index (χ2v) is 12.0. The van der Waals surface area contributed by atoms with E-state index in [2.05, 4.69) is 29.5 Å². The lowest BCUT2D eigenvalue weighted by atomic mass is 10.1. The maximum Gasteiger partial charge on any atom is 0.188 e. The van der Waals surface area contributed by atoms with E-state index in [0.29, 0.717) is 0 Å². The van der Waals surface area contributed by atoms with Crippen molar-refractivity contribution in [3.63, 3.8) is 0 Å². The number of aliphatic imine (C=N–C) groups is 1. The Morgan fingerprint density at radius 2 is 1.89 bits per heavy atom. The van der Waals surface area contributed by atoms with Crippen molar-refractivity contribution in [3.05, 3.63) is 0 Å². The molecule has 2 heterocycles. The van der Waals surface area contributed by atoms with E-state index < -0.39 is 8.24 Å². The van der Waals surface area contributed by atoms with Gasteiger partial charge in [0.15, 0.2) is 14.2 Å². The molecule has 2 unspecified atom stereocenters. The zero-order chi connectivity index (χ0) is 13.5. The van der Waals surface area contributed by atoms with Gasteiger partial charge in [-0.15, -0.1) is 0 Å². The predicted molar refractivity (Wildman–Crippen MR) is 84.1 cm³/mol. The number of hydrogen-bond acceptors (Lipinski definition) is 3. The van der Waals surface area contributed by atoms with Crippen LogP contribution in [0.1, 0.15) is 39.0 Å². The number of guanidine groups is 1. The lowest BCUT2D eigenvalue weighted by molar-refractivity contribution is 0.294. The van der Waals surface area contributed by atoms with Crippen molar-refractivity contribution in [2.45, 2.75) is 57.7 Å². The third-order valence-electron chi connectivity index (χ3n) is 5.56. The molecule has 4 heteroatoms. The van der Waals surface area contributed by atoms with E-state index >= 15 is 0 Å². The van der Waals surface area contributed by atoms with Crippen LogP contribution in [-0.4, -0.2) is 49.8 Å². The molecule has 3 nitrogen and oxygen atoms in total. The lowest BCUT2D eigenvalue weighted by Crippen LogP contribution is -2.63. The van der Waals surface area contributed by atoms with Gasteiger partial charge < -0.3 is 9.47 Å². The second kappa shape index (κ2) is 5.11. The van der Waals surface area contributed by atoms with Gasteiger partial charge in [-0.25, -0.2) is 0 Å². The zero-order valence-corrected chi connectivity index (χ0v) is 13.9. The SMILES string of the molecule is CC1CCC([Si](C)(C)N2CCCN3CCCN=C32)C1. The van der Waals surface area contributed by atoms with Crippen LogP contribution in [-0.2, 0) is 0 Å². The molecule has 0 aromatic heterocycles. The highest BCUT2D eigenvalue weighted by atomic mass is 28.3. The number of rotatable bonds is 2. The molecule has 0 amide bonds. The van der Waals surface area contributed by atoms with Crippen molar-refractivity contribution in [3.8, 4) is 0 Å². The molecule has 3 rings (SSSR count). The largest absolute Gasteiger partial charge is 0.370 e. The Labute approximate surface area is 119 Å². The summed E-state index contributed by atoms with van der Waals surface area (Å²) in [7, 11) is -1.36. The average molecular weight is 280 g/mol. The van der Waals surface area contributed by atoms with Gasteiger partial charge in [-0.3, -0.25) is 4.99 Å². The van der Waals surface area contributed by atoms with Crippen molar-refractivity contribution in [2.24, 2.45) is 10.9 Å². The van der Waals surface area contributed by atoms with Gasteiger partial charge in [-0.2, -0.15) is 0 Å². The molecule has 0 radical (unpaired) electrons. The number of nitrogens with zero attached hydrogens (tertiary/aromatic N) is 3. The van der Waals surface area contributed by atoms with Crippen LogP contribution >= 0.6 is 0 Å². The molecule has 1 saturated carbocycles. The van der Waals surface area contributed by atoms with Gasteiger partial charge in [-0.1, -0.05) is 32.9 Å². The highest BCUT2D eigenvalue weighted by Gasteiger charge is 2.44. The van der Waals surface area contributed by atoms with Gasteiger partial charge in [0.05, 0.1) is 0 Å². The molecule has 2 aliphatic heterocycles. The fourth-order valence-corrected chi connectivity index (χ4v) is 8.00. The first-order valence-electron chi connectivity index (χ1n) is 8.16. The molecule has 3 aliphatic rings. The molecule has 0 aromatic rings. The van der Waals surface area contributed by atoms with Gasteiger partial charge >= 0.3 is 0 Å². The van der Waals surface area contributed by atoms with Crippen LogP contribution in [0.25, 0.3) is 0 Å². The Morgan fingerprint density at radius 1 is 1.11 bits per heavy atom. The number of fused-ring (bicyclic) bond motifs is 1. The van der Waals surface area contributed by atoms with Crippen molar-refractivity contribution < 1.29 is 0 Å². The summed E-state index contributed by atoms with van der Waals surface area (Å²) in [6.07, 6.45) is 6.95. The normalized spacial score (nSPS) is 32.3. The van der Waals surface area contributed by atoms with Crippen LogP contribution in [0, 0.1) is 5.92 Å². The van der Waals surface area contributed by atoms with Gasteiger partial charge in [0.2, 0.25) is 0 Å². The summed E-state index contributed by atoms with van der Waals surface area (Å²) in [5, 5.41) is 0. The molecule has 108 valence electrons. The average Bonchev–Trinajstić information content (AvgIpc) is 2.85. The molecule has 0 bridgehead atoms. The highest BCUT2D eigenvalue weighted by Crippen LogP contribution is 2.43. The first kappa shape index (κ1) is 13.5. The summed E-state index contributed by atoms with van der Waals surface area (Å²) in [5.41, 5.74) is 0.979. The van der Waals surface area contributed by atoms with E-state index in [4.69, 9.17) is 4.99 Å². The van der Waals surface area contributed by atoms with Gasteiger partial charge in [0.25, 0.3) is 0 Å². The molecule has 1 aliphatic carbocycles. The summed E-state index contributed by atoms with van der Waals surface area (Å²) >= 11 is 0. The minimum absolute atomic E-state index is 0.950. The molecule has 0 N–H and O–H groups in total. The maximum atomic E-state index is 4.89. The molecule has 19 heavy (non-hydrogen) atoms. The van der Waals surface area contributed by atoms with Crippen molar-refractivity contribution in [2.75, 3.05) is 26.2 Å². The molecule has 2 atom stereocenters. The smallest absolute Gasteiger partial charge is 0.188 e. The summed E-state index contributed by atoms with van der Waals surface area (Å²) in [6, 6.07) is 0. The summed E-state index contributed by atoms with van der Waals surface area (Å²) in [5.74, 6) is 2.32. The van der Waals surface area contributed by atoms with Crippen LogP contribution in [0.15, 0.2) is 4.99 Å². The van der Waals surface area contributed by atoms with Crippen LogP contribution in [0.2, 0.25) is 18.6 Å². The fourth-order valence-electron chi connectivity index (χ4n) is 4.24. The quantitative estimate of drug-likeness (QED) is 0.723. The summed E-state index contributed by atoms with van der Waals surface area (Å²) < 4.78 is 2.78. The Bertz CT molecular complexity index is 366. The standard InChI is InChI=1S/C15H29N3Si/c1-13-6-7-14(12-13)19(2,3)18-11-5-10-17-9-4-8-16-15(17)18/h13-14H,4-12H2,1-3H3. The molecular formula is C15H29N3Si. The minimum atomic E-state index is -1.36. The van der Waals surface area contributed by atoms with E-state index in [-0.39, 0.29) is 0 Å². The summed E-state index contributed by atoms with van der Waals surface area (Å²) in [4.78, 5) is 7.45. The van der Waals surface area contributed by atoms with Crippen LogP contribution in [0.4, 0.5) is 0 Å². The van der Waals surface area contributed by atoms with E-state index in [9.17, 15) is 0 Å². The molecule has 1 saturated heterocycles. The van der Waals surface area contributed by atoms with Crippen LogP contribution in [0.3, 0.4) is 0 Å². The first-order valence-corrected chi connectivity index (χ1v) is 11.2. The Kier molecular flexibility index (Phi) is 3.63. The lowest BCUT2D eigenvalue weighted by Gasteiger charge is -2.50. The fraction of sp³-hybridized carbons (Fsp3) is 0.933. The van der Waals surface area contributed by atoms with Crippen molar-refractivity contribution in [1.29, 1.82) is 0 Å². The van der Waals surface area contributed by atoms with Crippen LogP contribution < -0.4 is 0 Å². The number of hydrogen-bond donors (Lipinski definition) is 0. The topological polar surface area (TPSA) is 18.8 Å². The van der Waals surface area contributed by atoms with E-state index in [1.165, 1.54) is 57.7 Å². The van der Waals surface area contributed by atoms with Gasteiger partial charge in [0.1, 0.15) is 0 Å². The monoisotopic (exact) mass is 279 g/mol. The predicted octanol–water partition coefficient (Wildman–Crippen LogP) is 3.15. The van der Waals surface area contributed by atoms with Crippen LogP contribution in [0.5, 0.6) is 0 Å². The summed E-state index contributed by atoms with van der Waals surface area (Å²) in [6.45, 7) is 12.4. The third-order valence-corrected chi connectivity index (χ3v) is 9.90. The van der Waals surface area contributed by atoms with Crippen molar-refractivity contribution in [1.82, 2.24) is 9.47 Å². The Morgan fingerprint density at radius 3 is 2.63 bits per heavy atom. The Hall–Kier alpha value is -0.513.